The number of carbonyl (C=O) groups is 2. The molecule has 1 unspecified atom stereocenters. The molecule has 2 aromatic rings. The van der Waals surface area contributed by atoms with E-state index in [9.17, 15) is 9.59 Å². The lowest BCUT2D eigenvalue weighted by Crippen LogP contribution is -2.45. The number of para-hydroxylation sites is 1. The monoisotopic (exact) mass is 420 g/mol. The van der Waals surface area contributed by atoms with Crippen molar-refractivity contribution in [3.05, 3.63) is 65.7 Å². The van der Waals surface area contributed by atoms with Gasteiger partial charge in [0.1, 0.15) is 5.75 Å². The molecular formula is C26H32N2O3. The zero-order valence-corrected chi connectivity index (χ0v) is 18.1. The van der Waals surface area contributed by atoms with E-state index in [4.69, 9.17) is 4.74 Å². The molecule has 0 spiro atoms. The number of carbonyl (C=O) groups excluding carboxylic acids is 2. The number of hydrogen-bond donors (Lipinski definition) is 1. The second kappa shape index (κ2) is 10.5. The smallest absolute Gasteiger partial charge is 0.227 e. The molecule has 1 saturated carbocycles. The zero-order valence-electron chi connectivity index (χ0n) is 18.1. The minimum atomic E-state index is -0.156. The molecule has 2 amide bonds. The molecule has 2 fully saturated rings. The average molecular weight is 421 g/mol. The van der Waals surface area contributed by atoms with Crippen molar-refractivity contribution in [1.82, 2.24) is 10.2 Å². The van der Waals surface area contributed by atoms with Crippen LogP contribution in [0.25, 0.3) is 0 Å². The highest BCUT2D eigenvalue weighted by atomic mass is 16.5. The van der Waals surface area contributed by atoms with Crippen LogP contribution in [0.1, 0.15) is 49.7 Å². The first kappa shape index (κ1) is 21.4. The van der Waals surface area contributed by atoms with E-state index in [1.807, 2.05) is 59.5 Å². The van der Waals surface area contributed by atoms with E-state index in [-0.39, 0.29) is 17.7 Å². The summed E-state index contributed by atoms with van der Waals surface area (Å²) in [5, 5.41) is 3.09. The van der Waals surface area contributed by atoms with E-state index in [1.165, 1.54) is 12.8 Å². The van der Waals surface area contributed by atoms with Gasteiger partial charge in [-0.2, -0.15) is 0 Å². The average Bonchev–Trinajstić information content (AvgIpc) is 3.32. The van der Waals surface area contributed by atoms with Crippen LogP contribution in [-0.2, 0) is 22.6 Å². The molecule has 1 atom stereocenters. The number of ether oxygens (including phenoxy) is 1. The van der Waals surface area contributed by atoms with Gasteiger partial charge in [-0.1, -0.05) is 48.5 Å². The Kier molecular flexibility index (Phi) is 7.23. The van der Waals surface area contributed by atoms with Gasteiger partial charge in [0.05, 0.1) is 18.4 Å². The van der Waals surface area contributed by atoms with E-state index in [0.717, 1.165) is 49.1 Å². The third-order valence-electron chi connectivity index (χ3n) is 6.36. The molecule has 1 aliphatic carbocycles. The third kappa shape index (κ3) is 5.87. The SMILES string of the molecule is O=C(NCc1ccccc1OC1CCCC1)C1CCCN(C(=O)Cc2ccccc2)C1. The third-order valence-corrected chi connectivity index (χ3v) is 6.36. The maximum atomic E-state index is 12.9. The van der Waals surface area contributed by atoms with Crippen molar-refractivity contribution in [2.24, 2.45) is 5.92 Å². The summed E-state index contributed by atoms with van der Waals surface area (Å²) in [7, 11) is 0. The number of rotatable bonds is 7. The van der Waals surface area contributed by atoms with Crippen LogP contribution in [0.2, 0.25) is 0 Å². The highest BCUT2D eigenvalue weighted by Crippen LogP contribution is 2.27. The van der Waals surface area contributed by atoms with Crippen molar-refractivity contribution < 1.29 is 14.3 Å². The lowest BCUT2D eigenvalue weighted by molar-refractivity contribution is -0.135. The molecule has 2 aromatic carbocycles. The number of hydrogen-bond acceptors (Lipinski definition) is 3. The minimum Gasteiger partial charge on any atom is -0.490 e. The number of nitrogens with one attached hydrogen (secondary N) is 1. The van der Waals surface area contributed by atoms with E-state index in [2.05, 4.69) is 5.32 Å². The van der Waals surface area contributed by atoms with Gasteiger partial charge >= 0.3 is 0 Å². The van der Waals surface area contributed by atoms with Crippen molar-refractivity contribution in [3.63, 3.8) is 0 Å². The summed E-state index contributed by atoms with van der Waals surface area (Å²) in [5.41, 5.74) is 2.02. The lowest BCUT2D eigenvalue weighted by Gasteiger charge is -2.32. The first-order valence-electron chi connectivity index (χ1n) is 11.5. The Morgan fingerprint density at radius 2 is 1.68 bits per heavy atom. The second-order valence-corrected chi connectivity index (χ2v) is 8.69. The highest BCUT2D eigenvalue weighted by Gasteiger charge is 2.28. The molecule has 5 nitrogen and oxygen atoms in total. The normalized spacial score (nSPS) is 19.2. The summed E-state index contributed by atoms with van der Waals surface area (Å²) in [6.45, 7) is 1.68. The minimum absolute atomic E-state index is 0.0212. The van der Waals surface area contributed by atoms with Gasteiger partial charge in [-0.05, 0) is 50.2 Å². The predicted octanol–water partition coefficient (Wildman–Crippen LogP) is 4.11. The summed E-state index contributed by atoms with van der Waals surface area (Å²) in [5.74, 6) is 0.835. The van der Waals surface area contributed by atoms with Crippen molar-refractivity contribution in [1.29, 1.82) is 0 Å². The van der Waals surface area contributed by atoms with E-state index in [0.29, 0.717) is 25.6 Å². The summed E-state index contributed by atoms with van der Waals surface area (Å²) >= 11 is 0. The largest absolute Gasteiger partial charge is 0.490 e. The van der Waals surface area contributed by atoms with E-state index in [1.54, 1.807) is 0 Å². The Balaban J connectivity index is 1.30. The molecule has 1 saturated heterocycles. The van der Waals surface area contributed by atoms with Crippen LogP contribution >= 0.6 is 0 Å². The Hall–Kier alpha value is -2.82. The fraction of sp³-hybridized carbons (Fsp3) is 0.462. The quantitative estimate of drug-likeness (QED) is 0.734. The molecule has 0 bridgehead atoms. The molecule has 31 heavy (non-hydrogen) atoms. The molecular weight excluding hydrogens is 388 g/mol. The lowest BCUT2D eigenvalue weighted by atomic mass is 9.96. The van der Waals surface area contributed by atoms with E-state index < -0.39 is 0 Å². The van der Waals surface area contributed by atoms with Gasteiger partial charge in [0.2, 0.25) is 11.8 Å². The van der Waals surface area contributed by atoms with Gasteiger partial charge in [0.15, 0.2) is 0 Å². The maximum Gasteiger partial charge on any atom is 0.227 e. The van der Waals surface area contributed by atoms with Gasteiger partial charge in [-0.25, -0.2) is 0 Å². The van der Waals surface area contributed by atoms with Crippen molar-refractivity contribution in [2.75, 3.05) is 13.1 Å². The van der Waals surface area contributed by atoms with Crippen LogP contribution in [0.5, 0.6) is 5.75 Å². The second-order valence-electron chi connectivity index (χ2n) is 8.69. The fourth-order valence-electron chi connectivity index (χ4n) is 4.58. The predicted molar refractivity (Wildman–Crippen MR) is 121 cm³/mol. The van der Waals surface area contributed by atoms with Crippen LogP contribution in [0.15, 0.2) is 54.6 Å². The maximum absolute atomic E-state index is 12.9. The number of amides is 2. The topological polar surface area (TPSA) is 58.6 Å². The molecule has 164 valence electrons. The summed E-state index contributed by atoms with van der Waals surface area (Å²) in [4.78, 5) is 27.4. The number of likely N-dealkylation sites (tertiary alicyclic amines) is 1. The Morgan fingerprint density at radius 3 is 2.48 bits per heavy atom. The van der Waals surface area contributed by atoms with Gasteiger partial charge in [-0.15, -0.1) is 0 Å². The molecule has 1 heterocycles. The summed E-state index contributed by atoms with van der Waals surface area (Å²) < 4.78 is 6.19. The Bertz CT molecular complexity index is 877. The van der Waals surface area contributed by atoms with Gasteiger partial charge < -0.3 is 15.0 Å². The van der Waals surface area contributed by atoms with Gasteiger partial charge in [0.25, 0.3) is 0 Å². The summed E-state index contributed by atoms with van der Waals surface area (Å²) in [6.07, 6.45) is 7.03. The molecule has 1 aliphatic heterocycles. The van der Waals surface area contributed by atoms with Crippen molar-refractivity contribution >= 4 is 11.8 Å². The first-order chi connectivity index (χ1) is 15.2. The van der Waals surface area contributed by atoms with Crippen LogP contribution < -0.4 is 10.1 Å². The van der Waals surface area contributed by atoms with Crippen molar-refractivity contribution in [2.45, 2.75) is 57.6 Å². The van der Waals surface area contributed by atoms with Gasteiger partial charge in [0, 0.05) is 25.2 Å². The van der Waals surface area contributed by atoms with Gasteiger partial charge in [-0.3, -0.25) is 9.59 Å². The van der Waals surface area contributed by atoms with E-state index >= 15 is 0 Å². The van der Waals surface area contributed by atoms with Crippen LogP contribution in [0.3, 0.4) is 0 Å². The van der Waals surface area contributed by atoms with Crippen LogP contribution in [-0.4, -0.2) is 35.9 Å². The number of benzene rings is 2. The Morgan fingerprint density at radius 1 is 0.935 bits per heavy atom. The Labute approximate surface area is 184 Å². The standard InChI is InChI=1S/C26H32N2O3/c29-25(17-20-9-2-1-3-10-20)28-16-8-12-22(19-28)26(30)27-18-21-11-4-7-15-24(21)31-23-13-5-6-14-23/h1-4,7,9-11,15,22-23H,5-6,8,12-14,16-19H2,(H,27,30). The molecule has 5 heteroatoms. The first-order valence-corrected chi connectivity index (χ1v) is 11.5. The number of piperidine rings is 1. The fourth-order valence-corrected chi connectivity index (χ4v) is 4.58. The highest BCUT2D eigenvalue weighted by molar-refractivity contribution is 5.82. The molecule has 2 aliphatic rings. The van der Waals surface area contributed by atoms with Crippen molar-refractivity contribution in [3.8, 4) is 5.75 Å². The van der Waals surface area contributed by atoms with Crippen LogP contribution in [0.4, 0.5) is 0 Å². The molecule has 0 radical (unpaired) electrons. The summed E-state index contributed by atoms with van der Waals surface area (Å²) in [6, 6.07) is 17.7. The van der Waals surface area contributed by atoms with Crippen LogP contribution in [0, 0.1) is 5.92 Å². The molecule has 4 rings (SSSR count). The molecule has 1 N–H and O–H groups in total. The number of nitrogens with zero attached hydrogens (tertiary/aromatic N) is 1. The zero-order chi connectivity index (χ0) is 21.5. The molecule has 0 aromatic heterocycles.